The van der Waals surface area contributed by atoms with Crippen LogP contribution in [0.1, 0.15) is 28.5 Å². The first-order chi connectivity index (χ1) is 9.76. The van der Waals surface area contributed by atoms with Gasteiger partial charge in [0.1, 0.15) is 23.1 Å². The van der Waals surface area contributed by atoms with Crippen LogP contribution in [0.2, 0.25) is 0 Å². The molecule has 0 aromatic carbocycles. The molecular formula is C13H10N6S. The molecule has 3 heterocycles. The molecule has 0 aliphatic heterocycles. The lowest BCUT2D eigenvalue weighted by atomic mass is 10.2. The van der Waals surface area contributed by atoms with Crippen molar-refractivity contribution in [2.75, 3.05) is 0 Å². The maximum absolute atomic E-state index is 8.86. The average Bonchev–Trinajstić information content (AvgIpc) is 3.11. The first kappa shape index (κ1) is 11.5. The Hall–Kier alpha value is -2.33. The van der Waals surface area contributed by atoms with Gasteiger partial charge in [0.05, 0.1) is 5.39 Å². The third kappa shape index (κ3) is 1.55. The van der Waals surface area contributed by atoms with Crippen molar-refractivity contribution in [2.45, 2.75) is 26.2 Å². The largest absolute Gasteiger partial charge is 0.252 e. The molecule has 3 aromatic rings. The van der Waals surface area contributed by atoms with Crippen molar-refractivity contribution in [3.05, 3.63) is 28.4 Å². The molecule has 98 valence electrons. The molecule has 0 amide bonds. The van der Waals surface area contributed by atoms with Gasteiger partial charge >= 0.3 is 0 Å². The molecule has 20 heavy (non-hydrogen) atoms. The highest BCUT2D eigenvalue weighted by Gasteiger charge is 2.23. The average molecular weight is 282 g/mol. The molecule has 0 radical (unpaired) electrons. The SMILES string of the molecule is Cc1nc(-n2cnc(C#N)n2)c2c3c(sc2n1)CCC3. The van der Waals surface area contributed by atoms with Gasteiger partial charge in [0, 0.05) is 4.88 Å². The van der Waals surface area contributed by atoms with Crippen molar-refractivity contribution >= 4 is 21.6 Å². The second-order valence-corrected chi connectivity index (χ2v) is 5.84. The molecule has 0 saturated heterocycles. The Morgan fingerprint density at radius 2 is 2.25 bits per heavy atom. The predicted octanol–water partition coefficient (Wildman–Crippen LogP) is 1.94. The van der Waals surface area contributed by atoms with Crippen LogP contribution < -0.4 is 0 Å². The number of hydrogen-bond donors (Lipinski definition) is 0. The summed E-state index contributed by atoms with van der Waals surface area (Å²) in [7, 11) is 0. The van der Waals surface area contributed by atoms with Crippen LogP contribution in [0.3, 0.4) is 0 Å². The second-order valence-electron chi connectivity index (χ2n) is 4.76. The summed E-state index contributed by atoms with van der Waals surface area (Å²) in [5, 5.41) is 14.1. The minimum atomic E-state index is 0.154. The van der Waals surface area contributed by atoms with Crippen molar-refractivity contribution < 1.29 is 0 Å². The lowest BCUT2D eigenvalue weighted by Gasteiger charge is -2.04. The number of hydrogen-bond acceptors (Lipinski definition) is 6. The molecule has 3 aromatic heterocycles. The monoisotopic (exact) mass is 282 g/mol. The number of aromatic nitrogens is 5. The summed E-state index contributed by atoms with van der Waals surface area (Å²) in [6.07, 6.45) is 4.91. The minimum Gasteiger partial charge on any atom is -0.222 e. The first-order valence-corrected chi connectivity index (χ1v) is 7.19. The fourth-order valence-electron chi connectivity index (χ4n) is 2.66. The Labute approximate surface area is 118 Å². The van der Waals surface area contributed by atoms with E-state index in [0.717, 1.165) is 28.9 Å². The van der Waals surface area contributed by atoms with E-state index < -0.39 is 0 Å². The van der Waals surface area contributed by atoms with Gasteiger partial charge in [0.2, 0.25) is 0 Å². The van der Waals surface area contributed by atoms with Gasteiger partial charge in [-0.3, -0.25) is 0 Å². The van der Waals surface area contributed by atoms with Gasteiger partial charge in [-0.25, -0.2) is 19.6 Å². The van der Waals surface area contributed by atoms with Crippen LogP contribution in [0.5, 0.6) is 0 Å². The van der Waals surface area contributed by atoms with Gasteiger partial charge in [0.15, 0.2) is 5.82 Å². The van der Waals surface area contributed by atoms with Crippen molar-refractivity contribution in [2.24, 2.45) is 0 Å². The lowest BCUT2D eigenvalue weighted by Crippen LogP contribution is -2.03. The van der Waals surface area contributed by atoms with Crippen LogP contribution in [0.15, 0.2) is 6.33 Å². The van der Waals surface area contributed by atoms with Gasteiger partial charge in [-0.15, -0.1) is 16.4 Å². The number of nitriles is 1. The molecule has 0 N–H and O–H groups in total. The Bertz CT molecular complexity index is 869. The summed E-state index contributed by atoms with van der Waals surface area (Å²) in [6.45, 7) is 1.87. The van der Waals surface area contributed by atoms with Crippen LogP contribution in [0.25, 0.3) is 16.0 Å². The molecular weight excluding hydrogens is 272 g/mol. The third-order valence-corrected chi connectivity index (χ3v) is 4.65. The second kappa shape index (κ2) is 4.08. The highest BCUT2D eigenvalue weighted by Crippen LogP contribution is 2.38. The standard InChI is InChI=1S/C13H10N6S/c1-7-16-12(19-6-15-10(5-14)18-19)11-8-3-2-4-9(8)20-13(11)17-7/h6H,2-4H2,1H3. The molecule has 0 unspecified atom stereocenters. The summed E-state index contributed by atoms with van der Waals surface area (Å²) in [6, 6.07) is 1.94. The van der Waals surface area contributed by atoms with E-state index in [4.69, 9.17) is 5.26 Å². The number of nitrogens with zero attached hydrogens (tertiary/aromatic N) is 6. The van der Waals surface area contributed by atoms with Crippen molar-refractivity contribution in [3.8, 4) is 11.9 Å². The van der Waals surface area contributed by atoms with Gasteiger partial charge in [-0.2, -0.15) is 5.26 Å². The van der Waals surface area contributed by atoms with Crippen LogP contribution in [0.4, 0.5) is 0 Å². The Kier molecular flexibility index (Phi) is 2.35. The number of rotatable bonds is 1. The van der Waals surface area contributed by atoms with Crippen LogP contribution >= 0.6 is 11.3 Å². The van der Waals surface area contributed by atoms with Crippen LogP contribution in [-0.2, 0) is 12.8 Å². The highest BCUT2D eigenvalue weighted by atomic mass is 32.1. The van der Waals surface area contributed by atoms with E-state index in [1.807, 2.05) is 13.0 Å². The van der Waals surface area contributed by atoms with Crippen LogP contribution in [-0.4, -0.2) is 24.7 Å². The minimum absolute atomic E-state index is 0.154. The molecule has 6 nitrogen and oxygen atoms in total. The van der Waals surface area contributed by atoms with Gasteiger partial charge in [-0.1, -0.05) is 0 Å². The normalized spacial score (nSPS) is 13.6. The molecule has 0 spiro atoms. The first-order valence-electron chi connectivity index (χ1n) is 6.37. The smallest absolute Gasteiger partial charge is 0.222 e. The van der Waals surface area contributed by atoms with E-state index in [1.165, 1.54) is 16.9 Å². The molecule has 0 saturated carbocycles. The maximum atomic E-state index is 8.86. The van der Waals surface area contributed by atoms with Gasteiger partial charge < -0.3 is 0 Å². The lowest BCUT2D eigenvalue weighted by molar-refractivity contribution is 0.834. The molecule has 1 aliphatic rings. The van der Waals surface area contributed by atoms with Gasteiger partial charge in [-0.05, 0) is 31.7 Å². The summed E-state index contributed by atoms with van der Waals surface area (Å²) in [5.41, 5.74) is 1.34. The van der Waals surface area contributed by atoms with E-state index in [-0.39, 0.29) is 5.82 Å². The topological polar surface area (TPSA) is 80.3 Å². The Morgan fingerprint density at radius 3 is 3.05 bits per heavy atom. The van der Waals surface area contributed by atoms with Crippen molar-refractivity contribution in [1.29, 1.82) is 5.26 Å². The maximum Gasteiger partial charge on any atom is 0.252 e. The van der Waals surface area contributed by atoms with Gasteiger partial charge in [0.25, 0.3) is 5.82 Å². The zero-order chi connectivity index (χ0) is 13.7. The molecule has 1 aliphatic carbocycles. The summed E-state index contributed by atoms with van der Waals surface area (Å²) in [5.74, 6) is 1.60. The molecule has 0 bridgehead atoms. The molecule has 7 heteroatoms. The molecule has 0 atom stereocenters. The number of thiophene rings is 1. The number of aryl methyl sites for hydroxylation is 3. The Balaban J connectivity index is 2.05. The fraction of sp³-hybridized carbons (Fsp3) is 0.308. The zero-order valence-electron chi connectivity index (χ0n) is 10.8. The van der Waals surface area contributed by atoms with E-state index in [1.54, 1.807) is 22.3 Å². The zero-order valence-corrected chi connectivity index (χ0v) is 11.6. The van der Waals surface area contributed by atoms with E-state index in [2.05, 4.69) is 20.1 Å². The summed E-state index contributed by atoms with van der Waals surface area (Å²) in [4.78, 5) is 15.4. The predicted molar refractivity (Wildman–Crippen MR) is 73.8 cm³/mol. The summed E-state index contributed by atoms with van der Waals surface area (Å²) < 4.78 is 1.58. The van der Waals surface area contributed by atoms with E-state index >= 15 is 0 Å². The van der Waals surface area contributed by atoms with E-state index in [9.17, 15) is 0 Å². The summed E-state index contributed by atoms with van der Waals surface area (Å²) >= 11 is 1.74. The molecule has 4 rings (SSSR count). The number of fused-ring (bicyclic) bond motifs is 3. The quantitative estimate of drug-likeness (QED) is 0.681. The third-order valence-electron chi connectivity index (χ3n) is 3.47. The molecule has 0 fully saturated rings. The Morgan fingerprint density at radius 1 is 1.35 bits per heavy atom. The fourth-order valence-corrected chi connectivity index (χ4v) is 3.96. The van der Waals surface area contributed by atoms with Crippen molar-refractivity contribution in [1.82, 2.24) is 24.7 Å². The van der Waals surface area contributed by atoms with E-state index in [0.29, 0.717) is 5.82 Å². The van der Waals surface area contributed by atoms with Crippen molar-refractivity contribution in [3.63, 3.8) is 0 Å². The highest BCUT2D eigenvalue weighted by molar-refractivity contribution is 7.19. The van der Waals surface area contributed by atoms with Crippen LogP contribution in [0, 0.1) is 18.3 Å².